The fraction of sp³-hybridized carbons (Fsp3) is 0.294. The maximum atomic E-state index is 11.1. The zero-order valence-corrected chi connectivity index (χ0v) is 13.5. The fourth-order valence-corrected chi connectivity index (χ4v) is 2.41. The van der Waals surface area contributed by atoms with Gasteiger partial charge in [-0.2, -0.15) is 0 Å². The molecule has 0 aromatic heterocycles. The van der Waals surface area contributed by atoms with Gasteiger partial charge in [-0.25, -0.2) is 0 Å². The molecule has 1 unspecified atom stereocenters. The quantitative estimate of drug-likeness (QED) is 0.627. The van der Waals surface area contributed by atoms with E-state index in [9.17, 15) is 10.1 Å². The number of nitro groups is 1. The summed E-state index contributed by atoms with van der Waals surface area (Å²) in [5, 5.41) is 14.3. The van der Waals surface area contributed by atoms with Crippen molar-refractivity contribution in [1.82, 2.24) is 4.90 Å². The lowest BCUT2D eigenvalue weighted by Crippen LogP contribution is -2.27. The first-order chi connectivity index (χ1) is 11.0. The van der Waals surface area contributed by atoms with E-state index in [1.807, 2.05) is 38.4 Å². The van der Waals surface area contributed by atoms with Crippen molar-refractivity contribution >= 4 is 11.4 Å². The molecule has 122 valence electrons. The molecule has 2 aromatic carbocycles. The highest BCUT2D eigenvalue weighted by atomic mass is 16.6. The summed E-state index contributed by atoms with van der Waals surface area (Å²) in [6.07, 6.45) is 0. The van der Waals surface area contributed by atoms with E-state index in [0.29, 0.717) is 12.2 Å². The highest BCUT2D eigenvalue weighted by molar-refractivity contribution is 5.61. The molecule has 1 N–H and O–H groups in total. The highest BCUT2D eigenvalue weighted by Crippen LogP contribution is 2.26. The van der Waals surface area contributed by atoms with Crippen LogP contribution in [0.5, 0.6) is 5.75 Å². The molecule has 0 aliphatic rings. The van der Waals surface area contributed by atoms with E-state index in [-0.39, 0.29) is 16.7 Å². The Labute approximate surface area is 135 Å². The van der Waals surface area contributed by atoms with Gasteiger partial charge in [0.05, 0.1) is 18.1 Å². The molecule has 6 nitrogen and oxygen atoms in total. The maximum Gasteiger partial charge on any atom is 0.292 e. The van der Waals surface area contributed by atoms with Crippen molar-refractivity contribution in [3.8, 4) is 5.75 Å². The van der Waals surface area contributed by atoms with Crippen LogP contribution in [0, 0.1) is 10.1 Å². The summed E-state index contributed by atoms with van der Waals surface area (Å²) < 4.78 is 5.18. The van der Waals surface area contributed by atoms with Gasteiger partial charge in [0.2, 0.25) is 0 Å². The van der Waals surface area contributed by atoms with Crippen LogP contribution in [0.2, 0.25) is 0 Å². The number of benzene rings is 2. The summed E-state index contributed by atoms with van der Waals surface area (Å²) in [6.45, 7) is 0.560. The summed E-state index contributed by atoms with van der Waals surface area (Å²) in [5.74, 6) is 0.804. The second kappa shape index (κ2) is 7.60. The standard InChI is InChI=1S/C17H21N3O3/c1-19(2)17(13-8-10-14(23-3)11-9-13)12-18-15-6-4-5-7-16(15)20(21)22/h4-11,17-18H,12H2,1-3H3. The number of nitrogens with one attached hydrogen (secondary N) is 1. The number of rotatable bonds is 7. The molecule has 2 rings (SSSR count). The van der Waals surface area contributed by atoms with Crippen LogP contribution in [-0.4, -0.2) is 37.6 Å². The number of methoxy groups -OCH3 is 1. The minimum Gasteiger partial charge on any atom is -0.497 e. The van der Waals surface area contributed by atoms with Crippen LogP contribution in [0.1, 0.15) is 11.6 Å². The molecule has 0 saturated heterocycles. The lowest BCUT2D eigenvalue weighted by atomic mass is 10.1. The average molecular weight is 315 g/mol. The van der Waals surface area contributed by atoms with E-state index in [1.165, 1.54) is 6.07 Å². The first kappa shape index (κ1) is 16.8. The Morgan fingerprint density at radius 2 is 1.83 bits per heavy atom. The smallest absolute Gasteiger partial charge is 0.292 e. The van der Waals surface area contributed by atoms with Gasteiger partial charge in [-0.1, -0.05) is 24.3 Å². The number of likely N-dealkylation sites (N-methyl/N-ethyl adjacent to an activating group) is 1. The molecule has 0 aliphatic heterocycles. The van der Waals surface area contributed by atoms with E-state index < -0.39 is 0 Å². The van der Waals surface area contributed by atoms with Crippen molar-refractivity contribution in [2.45, 2.75) is 6.04 Å². The molecule has 0 radical (unpaired) electrons. The molecule has 0 spiro atoms. The van der Waals surface area contributed by atoms with Crippen LogP contribution >= 0.6 is 0 Å². The minimum atomic E-state index is -0.375. The lowest BCUT2D eigenvalue weighted by Gasteiger charge is -2.25. The van der Waals surface area contributed by atoms with E-state index in [0.717, 1.165) is 11.3 Å². The number of ether oxygens (including phenoxy) is 1. The van der Waals surface area contributed by atoms with Crippen LogP contribution in [0.3, 0.4) is 0 Å². The van der Waals surface area contributed by atoms with Gasteiger partial charge in [0.25, 0.3) is 5.69 Å². The monoisotopic (exact) mass is 315 g/mol. The van der Waals surface area contributed by atoms with Gasteiger partial charge in [0, 0.05) is 12.6 Å². The predicted octanol–water partition coefficient (Wildman–Crippen LogP) is 3.32. The third kappa shape index (κ3) is 4.20. The molecule has 1 atom stereocenters. The SMILES string of the molecule is COc1ccc(C(CNc2ccccc2[N+](=O)[O-])N(C)C)cc1. The minimum absolute atomic E-state index is 0.0831. The van der Waals surface area contributed by atoms with Gasteiger partial charge in [-0.3, -0.25) is 10.1 Å². The number of anilines is 1. The summed E-state index contributed by atoms with van der Waals surface area (Å²) in [7, 11) is 5.60. The van der Waals surface area contributed by atoms with Gasteiger partial charge in [0.15, 0.2) is 0 Å². The molecule has 0 saturated carbocycles. The molecule has 6 heteroatoms. The van der Waals surface area contributed by atoms with Crippen LogP contribution in [0.4, 0.5) is 11.4 Å². The van der Waals surface area contributed by atoms with Crippen LogP contribution in [0.25, 0.3) is 0 Å². The largest absolute Gasteiger partial charge is 0.497 e. The van der Waals surface area contributed by atoms with Crippen molar-refractivity contribution in [3.63, 3.8) is 0 Å². The Balaban J connectivity index is 2.16. The Bertz CT molecular complexity index is 656. The van der Waals surface area contributed by atoms with E-state index >= 15 is 0 Å². The first-order valence-corrected chi connectivity index (χ1v) is 7.30. The van der Waals surface area contributed by atoms with Gasteiger partial charge in [-0.05, 0) is 37.9 Å². The van der Waals surface area contributed by atoms with Crippen molar-refractivity contribution in [2.24, 2.45) is 0 Å². The van der Waals surface area contributed by atoms with Crippen LogP contribution in [0.15, 0.2) is 48.5 Å². The van der Waals surface area contributed by atoms with E-state index in [4.69, 9.17) is 4.74 Å². The average Bonchev–Trinajstić information content (AvgIpc) is 2.55. The number of hydrogen-bond acceptors (Lipinski definition) is 5. The van der Waals surface area contributed by atoms with Crippen LogP contribution in [-0.2, 0) is 0 Å². The summed E-state index contributed by atoms with van der Waals surface area (Å²) in [4.78, 5) is 12.8. The molecular weight excluding hydrogens is 294 g/mol. The zero-order chi connectivity index (χ0) is 16.8. The van der Waals surface area contributed by atoms with E-state index in [2.05, 4.69) is 10.2 Å². The van der Waals surface area contributed by atoms with Gasteiger partial charge >= 0.3 is 0 Å². The van der Waals surface area contributed by atoms with Gasteiger partial charge in [-0.15, -0.1) is 0 Å². The first-order valence-electron chi connectivity index (χ1n) is 7.30. The topological polar surface area (TPSA) is 67.6 Å². The summed E-state index contributed by atoms with van der Waals surface area (Å²) in [5.41, 5.74) is 1.72. The summed E-state index contributed by atoms with van der Waals surface area (Å²) >= 11 is 0. The molecule has 0 heterocycles. The Kier molecular flexibility index (Phi) is 5.54. The normalized spacial score (nSPS) is 12.0. The molecule has 0 aliphatic carbocycles. The molecule has 2 aromatic rings. The molecule has 0 amide bonds. The van der Waals surface area contributed by atoms with Crippen molar-refractivity contribution in [2.75, 3.05) is 33.1 Å². The second-order valence-corrected chi connectivity index (χ2v) is 5.41. The third-order valence-electron chi connectivity index (χ3n) is 3.71. The second-order valence-electron chi connectivity index (χ2n) is 5.41. The molecule has 0 fully saturated rings. The lowest BCUT2D eigenvalue weighted by molar-refractivity contribution is -0.384. The fourth-order valence-electron chi connectivity index (χ4n) is 2.41. The maximum absolute atomic E-state index is 11.1. The highest BCUT2D eigenvalue weighted by Gasteiger charge is 2.17. The predicted molar refractivity (Wildman–Crippen MR) is 91.0 cm³/mol. The Morgan fingerprint density at radius 3 is 2.39 bits per heavy atom. The molecule has 0 bridgehead atoms. The Morgan fingerprint density at radius 1 is 1.17 bits per heavy atom. The number of hydrogen-bond donors (Lipinski definition) is 1. The number of nitro benzene ring substituents is 1. The van der Waals surface area contributed by atoms with Crippen LogP contribution < -0.4 is 10.1 Å². The van der Waals surface area contributed by atoms with Crippen molar-refractivity contribution < 1.29 is 9.66 Å². The summed E-state index contributed by atoms with van der Waals surface area (Å²) in [6, 6.07) is 14.6. The number of nitrogens with zero attached hydrogens (tertiary/aromatic N) is 2. The number of para-hydroxylation sites is 2. The molecular formula is C17H21N3O3. The Hall–Kier alpha value is -2.60. The third-order valence-corrected chi connectivity index (χ3v) is 3.71. The zero-order valence-electron chi connectivity index (χ0n) is 13.5. The van der Waals surface area contributed by atoms with E-state index in [1.54, 1.807) is 25.3 Å². The molecule has 23 heavy (non-hydrogen) atoms. The van der Waals surface area contributed by atoms with Gasteiger partial charge < -0.3 is 15.0 Å². The van der Waals surface area contributed by atoms with Crippen molar-refractivity contribution in [1.29, 1.82) is 0 Å². The van der Waals surface area contributed by atoms with Crippen molar-refractivity contribution in [3.05, 3.63) is 64.2 Å². The van der Waals surface area contributed by atoms with Gasteiger partial charge in [0.1, 0.15) is 11.4 Å².